The molecule has 1 atom stereocenters. The van der Waals surface area contributed by atoms with Crippen molar-refractivity contribution >= 4 is 22.9 Å². The number of carbonyl (C=O) groups is 1. The van der Waals surface area contributed by atoms with Crippen molar-refractivity contribution < 1.29 is 4.79 Å². The van der Waals surface area contributed by atoms with Crippen molar-refractivity contribution in [3.05, 3.63) is 46.4 Å². The molecular weight excluding hydrogens is 234 g/mol. The molecule has 3 N–H and O–H groups in total. The van der Waals surface area contributed by atoms with Crippen LogP contribution in [0, 0.1) is 0 Å². The van der Waals surface area contributed by atoms with E-state index in [9.17, 15) is 4.79 Å². The Balaban J connectivity index is 2.04. The summed E-state index contributed by atoms with van der Waals surface area (Å²) in [5.74, 6) is -0.100. The molecule has 0 bridgehead atoms. The summed E-state index contributed by atoms with van der Waals surface area (Å²) in [6.45, 7) is 1.93. The van der Waals surface area contributed by atoms with Gasteiger partial charge in [0.1, 0.15) is 4.88 Å². The van der Waals surface area contributed by atoms with Gasteiger partial charge in [0.15, 0.2) is 0 Å². The number of hydrogen-bond donors (Lipinski definition) is 2. The summed E-state index contributed by atoms with van der Waals surface area (Å²) in [6.07, 6.45) is 1.57. The molecule has 0 saturated heterocycles. The molecule has 5 heteroatoms. The maximum Gasteiger partial charge on any atom is 0.263 e. The van der Waals surface area contributed by atoms with Crippen LogP contribution in [0.1, 0.15) is 28.2 Å². The number of aromatic nitrogens is 1. The fraction of sp³-hybridized carbons (Fsp3) is 0.167. The number of nitrogens with zero attached hydrogens (tertiary/aromatic N) is 1. The van der Waals surface area contributed by atoms with E-state index in [2.05, 4.69) is 10.3 Å². The Morgan fingerprint density at radius 3 is 2.71 bits per heavy atom. The maximum atomic E-state index is 11.8. The van der Waals surface area contributed by atoms with Crippen molar-refractivity contribution in [1.82, 2.24) is 10.3 Å². The number of nitrogen functional groups attached to an aromatic ring is 1. The molecule has 0 aliphatic rings. The average Bonchev–Trinajstić information content (AvgIpc) is 2.83. The van der Waals surface area contributed by atoms with E-state index in [0.717, 1.165) is 11.3 Å². The van der Waals surface area contributed by atoms with Crippen LogP contribution in [0.4, 0.5) is 5.69 Å². The van der Waals surface area contributed by atoms with Crippen molar-refractivity contribution in [2.45, 2.75) is 13.0 Å². The molecule has 1 unspecified atom stereocenters. The first-order chi connectivity index (χ1) is 8.16. The third-order valence-electron chi connectivity index (χ3n) is 2.44. The van der Waals surface area contributed by atoms with Gasteiger partial charge in [0, 0.05) is 5.69 Å². The second kappa shape index (κ2) is 4.97. The van der Waals surface area contributed by atoms with Crippen molar-refractivity contribution in [2.75, 3.05) is 5.73 Å². The number of hydrogen-bond acceptors (Lipinski definition) is 4. The summed E-state index contributed by atoms with van der Waals surface area (Å²) < 4.78 is 0. The Kier molecular flexibility index (Phi) is 3.39. The SMILES string of the molecule is CC(NC(=O)c1cncs1)c1ccc(N)cc1. The standard InChI is InChI=1S/C12H13N3OS/c1-8(9-2-4-10(13)5-3-9)15-12(16)11-6-14-7-17-11/h2-8H,13H2,1H3,(H,15,16). The summed E-state index contributed by atoms with van der Waals surface area (Å²) in [5, 5.41) is 2.91. The summed E-state index contributed by atoms with van der Waals surface area (Å²) >= 11 is 1.33. The molecule has 2 aromatic rings. The predicted octanol–water partition coefficient (Wildman–Crippen LogP) is 2.22. The first-order valence-electron chi connectivity index (χ1n) is 5.21. The highest BCUT2D eigenvalue weighted by molar-refractivity contribution is 7.11. The van der Waals surface area contributed by atoms with Gasteiger partial charge in [-0.25, -0.2) is 0 Å². The van der Waals surface area contributed by atoms with E-state index >= 15 is 0 Å². The van der Waals surface area contributed by atoms with Gasteiger partial charge in [-0.2, -0.15) is 0 Å². The normalized spacial score (nSPS) is 12.1. The predicted molar refractivity (Wildman–Crippen MR) is 68.8 cm³/mol. The lowest BCUT2D eigenvalue weighted by Crippen LogP contribution is -2.25. The van der Waals surface area contributed by atoms with E-state index in [-0.39, 0.29) is 11.9 Å². The molecule has 1 amide bonds. The Labute approximate surface area is 103 Å². The third kappa shape index (κ3) is 2.82. The zero-order chi connectivity index (χ0) is 12.3. The van der Waals surface area contributed by atoms with Gasteiger partial charge >= 0.3 is 0 Å². The Bertz CT molecular complexity index is 493. The van der Waals surface area contributed by atoms with Gasteiger partial charge in [0.2, 0.25) is 0 Å². The molecule has 1 heterocycles. The summed E-state index contributed by atoms with van der Waals surface area (Å²) in [4.78, 5) is 16.3. The average molecular weight is 247 g/mol. The molecule has 1 aromatic carbocycles. The van der Waals surface area contributed by atoms with Crippen LogP contribution in [0.3, 0.4) is 0 Å². The molecular formula is C12H13N3OS. The number of amides is 1. The highest BCUT2D eigenvalue weighted by atomic mass is 32.1. The van der Waals surface area contributed by atoms with Crippen LogP contribution < -0.4 is 11.1 Å². The van der Waals surface area contributed by atoms with Crippen LogP contribution in [0.5, 0.6) is 0 Å². The minimum absolute atomic E-state index is 0.0507. The third-order valence-corrected chi connectivity index (χ3v) is 3.21. The van der Waals surface area contributed by atoms with Crippen molar-refractivity contribution in [1.29, 1.82) is 0 Å². The summed E-state index contributed by atoms with van der Waals surface area (Å²) in [7, 11) is 0. The van der Waals surface area contributed by atoms with Crippen molar-refractivity contribution in [3.8, 4) is 0 Å². The molecule has 17 heavy (non-hydrogen) atoms. The van der Waals surface area contributed by atoms with E-state index in [0.29, 0.717) is 4.88 Å². The Hall–Kier alpha value is -1.88. The molecule has 4 nitrogen and oxygen atoms in total. The molecule has 2 rings (SSSR count). The van der Waals surface area contributed by atoms with Crippen molar-refractivity contribution in [2.24, 2.45) is 0 Å². The number of benzene rings is 1. The minimum Gasteiger partial charge on any atom is -0.399 e. The van der Waals surface area contributed by atoms with Crippen LogP contribution in [0.15, 0.2) is 36.0 Å². The van der Waals surface area contributed by atoms with Crippen LogP contribution in [-0.2, 0) is 0 Å². The van der Waals surface area contributed by atoms with Crippen LogP contribution >= 0.6 is 11.3 Å². The zero-order valence-electron chi connectivity index (χ0n) is 9.38. The highest BCUT2D eigenvalue weighted by Crippen LogP contribution is 2.15. The van der Waals surface area contributed by atoms with E-state index < -0.39 is 0 Å². The molecule has 0 aliphatic heterocycles. The lowest BCUT2D eigenvalue weighted by molar-refractivity contribution is 0.0944. The zero-order valence-corrected chi connectivity index (χ0v) is 10.2. The number of rotatable bonds is 3. The number of nitrogens with two attached hydrogens (primary N) is 1. The van der Waals surface area contributed by atoms with Gasteiger partial charge in [-0.05, 0) is 24.6 Å². The molecule has 0 radical (unpaired) electrons. The first-order valence-corrected chi connectivity index (χ1v) is 6.09. The van der Waals surface area contributed by atoms with E-state index in [4.69, 9.17) is 5.73 Å². The minimum atomic E-state index is -0.100. The van der Waals surface area contributed by atoms with Gasteiger partial charge < -0.3 is 11.1 Å². The Morgan fingerprint density at radius 1 is 1.41 bits per heavy atom. The quantitative estimate of drug-likeness (QED) is 0.817. The van der Waals surface area contributed by atoms with E-state index in [1.54, 1.807) is 11.7 Å². The smallest absolute Gasteiger partial charge is 0.263 e. The monoisotopic (exact) mass is 247 g/mol. The Morgan fingerprint density at radius 2 is 2.12 bits per heavy atom. The second-order valence-corrected chi connectivity index (χ2v) is 4.61. The highest BCUT2D eigenvalue weighted by Gasteiger charge is 2.12. The number of thiazole rings is 1. The number of nitrogens with one attached hydrogen (secondary N) is 1. The van der Waals surface area contributed by atoms with Gasteiger partial charge in [-0.1, -0.05) is 12.1 Å². The summed E-state index contributed by atoms with van der Waals surface area (Å²) in [5.41, 5.74) is 9.00. The number of anilines is 1. The summed E-state index contributed by atoms with van der Waals surface area (Å²) in [6, 6.07) is 7.42. The first kappa shape index (κ1) is 11.6. The largest absolute Gasteiger partial charge is 0.399 e. The lowest BCUT2D eigenvalue weighted by Gasteiger charge is -2.13. The molecule has 0 fully saturated rings. The van der Waals surface area contributed by atoms with Gasteiger partial charge in [-0.3, -0.25) is 9.78 Å². The van der Waals surface area contributed by atoms with Crippen LogP contribution in [-0.4, -0.2) is 10.9 Å². The van der Waals surface area contributed by atoms with Gasteiger partial charge in [0.25, 0.3) is 5.91 Å². The topological polar surface area (TPSA) is 68.0 Å². The van der Waals surface area contributed by atoms with Crippen molar-refractivity contribution in [3.63, 3.8) is 0 Å². The maximum absolute atomic E-state index is 11.8. The van der Waals surface area contributed by atoms with Gasteiger partial charge in [0.05, 0.1) is 17.7 Å². The molecule has 0 aliphatic carbocycles. The van der Waals surface area contributed by atoms with Crippen LogP contribution in [0.25, 0.3) is 0 Å². The lowest BCUT2D eigenvalue weighted by atomic mass is 10.1. The molecule has 1 aromatic heterocycles. The van der Waals surface area contributed by atoms with E-state index in [1.807, 2.05) is 31.2 Å². The molecule has 0 spiro atoms. The van der Waals surface area contributed by atoms with E-state index in [1.165, 1.54) is 11.3 Å². The number of carbonyl (C=O) groups excluding carboxylic acids is 1. The fourth-order valence-electron chi connectivity index (χ4n) is 1.46. The molecule has 0 saturated carbocycles. The van der Waals surface area contributed by atoms with Crippen LogP contribution in [0.2, 0.25) is 0 Å². The molecule has 88 valence electrons. The fourth-order valence-corrected chi connectivity index (χ4v) is 1.99. The second-order valence-electron chi connectivity index (χ2n) is 3.73. The van der Waals surface area contributed by atoms with Gasteiger partial charge in [-0.15, -0.1) is 11.3 Å².